The van der Waals surface area contributed by atoms with Gasteiger partial charge in [-0.15, -0.1) is 0 Å². The lowest BCUT2D eigenvalue weighted by molar-refractivity contribution is -0.140. The SMILES string of the molecule is CC(=O)N1CCN(Cc2cccc(C(=O)N3C=C(C(=O)OC(C)C)c4[nH]c5ccccc5c4C(C)(C)C3)c2)CC1. The monoisotopic (exact) mass is 542 g/mol. The van der Waals surface area contributed by atoms with Gasteiger partial charge in [0.25, 0.3) is 5.91 Å². The van der Waals surface area contributed by atoms with Crippen molar-refractivity contribution in [2.24, 2.45) is 0 Å². The zero-order chi connectivity index (χ0) is 28.6. The number of hydrogen-bond donors (Lipinski definition) is 1. The third kappa shape index (κ3) is 5.54. The zero-order valence-corrected chi connectivity index (χ0v) is 24.0. The molecule has 0 aliphatic carbocycles. The van der Waals surface area contributed by atoms with E-state index < -0.39 is 11.4 Å². The number of H-pyrrole nitrogens is 1. The van der Waals surface area contributed by atoms with E-state index in [1.165, 1.54) is 0 Å². The Balaban J connectivity index is 1.46. The molecule has 0 radical (unpaired) electrons. The van der Waals surface area contributed by atoms with E-state index in [0.29, 0.717) is 43.0 Å². The second kappa shape index (κ2) is 10.9. The first-order valence-corrected chi connectivity index (χ1v) is 14.0. The highest BCUT2D eigenvalue weighted by Gasteiger charge is 2.37. The third-order valence-electron chi connectivity index (χ3n) is 7.72. The fraction of sp³-hybridized carbons (Fsp3) is 0.406. The summed E-state index contributed by atoms with van der Waals surface area (Å²) in [5.41, 5.74) is 4.15. The molecule has 5 rings (SSSR count). The van der Waals surface area contributed by atoms with Crippen LogP contribution in [0.4, 0.5) is 0 Å². The number of benzene rings is 2. The Kier molecular flexibility index (Phi) is 7.55. The number of carbonyl (C=O) groups excluding carboxylic acids is 3. The van der Waals surface area contributed by atoms with Gasteiger partial charge in [0.1, 0.15) is 0 Å². The van der Waals surface area contributed by atoms with Gasteiger partial charge in [-0.1, -0.05) is 44.2 Å². The number of piperazine rings is 1. The minimum atomic E-state index is -0.461. The average molecular weight is 543 g/mol. The molecule has 40 heavy (non-hydrogen) atoms. The van der Waals surface area contributed by atoms with Gasteiger partial charge < -0.3 is 19.5 Å². The summed E-state index contributed by atoms with van der Waals surface area (Å²) in [6, 6.07) is 15.7. The van der Waals surface area contributed by atoms with Gasteiger partial charge in [-0.05, 0) is 43.2 Å². The molecule has 1 aromatic heterocycles. The Morgan fingerprint density at radius 3 is 2.42 bits per heavy atom. The van der Waals surface area contributed by atoms with Crippen molar-refractivity contribution in [1.29, 1.82) is 0 Å². The molecule has 8 nitrogen and oxygen atoms in total. The van der Waals surface area contributed by atoms with Crippen LogP contribution in [0.3, 0.4) is 0 Å². The molecule has 1 saturated heterocycles. The number of ether oxygens (including phenoxy) is 1. The molecule has 8 heteroatoms. The third-order valence-corrected chi connectivity index (χ3v) is 7.72. The summed E-state index contributed by atoms with van der Waals surface area (Å²) in [7, 11) is 0. The van der Waals surface area contributed by atoms with Crippen LogP contribution in [0, 0.1) is 0 Å². The first-order chi connectivity index (χ1) is 19.0. The van der Waals surface area contributed by atoms with Crippen LogP contribution in [0.15, 0.2) is 54.7 Å². The number of esters is 1. The average Bonchev–Trinajstić information content (AvgIpc) is 3.25. The number of nitrogens with one attached hydrogen (secondary N) is 1. The van der Waals surface area contributed by atoms with Crippen molar-refractivity contribution in [3.8, 4) is 0 Å². The number of para-hydroxylation sites is 1. The van der Waals surface area contributed by atoms with Crippen LogP contribution >= 0.6 is 0 Å². The lowest BCUT2D eigenvalue weighted by Crippen LogP contribution is -2.47. The summed E-state index contributed by atoms with van der Waals surface area (Å²) < 4.78 is 5.63. The number of amides is 2. The van der Waals surface area contributed by atoms with Crippen LogP contribution in [0.25, 0.3) is 16.5 Å². The Labute approximate surface area is 235 Å². The van der Waals surface area contributed by atoms with Crippen molar-refractivity contribution in [3.05, 3.63) is 77.1 Å². The van der Waals surface area contributed by atoms with Gasteiger partial charge in [-0.2, -0.15) is 0 Å². The van der Waals surface area contributed by atoms with Crippen LogP contribution in [0.1, 0.15) is 61.8 Å². The smallest absolute Gasteiger partial charge is 0.342 e. The van der Waals surface area contributed by atoms with Crippen LogP contribution < -0.4 is 0 Å². The summed E-state index contributed by atoms with van der Waals surface area (Å²) in [6.45, 7) is 13.6. The number of nitrogens with zero attached hydrogens (tertiary/aromatic N) is 3. The van der Waals surface area contributed by atoms with E-state index in [1.54, 1.807) is 18.0 Å². The Bertz CT molecular complexity index is 1480. The van der Waals surface area contributed by atoms with E-state index in [4.69, 9.17) is 4.74 Å². The quantitative estimate of drug-likeness (QED) is 0.478. The molecular formula is C32H38N4O4. The first-order valence-electron chi connectivity index (χ1n) is 14.0. The van der Waals surface area contributed by atoms with Crippen molar-refractivity contribution in [2.45, 2.75) is 52.7 Å². The van der Waals surface area contributed by atoms with Crippen LogP contribution in [0.2, 0.25) is 0 Å². The van der Waals surface area contributed by atoms with Crippen molar-refractivity contribution in [2.75, 3.05) is 32.7 Å². The maximum atomic E-state index is 14.0. The molecule has 1 N–H and O–H groups in total. The van der Waals surface area contributed by atoms with Crippen molar-refractivity contribution < 1.29 is 19.1 Å². The summed E-state index contributed by atoms with van der Waals surface area (Å²) in [4.78, 5) is 48.3. The van der Waals surface area contributed by atoms with E-state index in [-0.39, 0.29) is 17.9 Å². The number of carbonyl (C=O) groups is 3. The Morgan fingerprint density at radius 1 is 1.00 bits per heavy atom. The largest absolute Gasteiger partial charge is 0.459 e. The molecule has 2 aliphatic heterocycles. The minimum Gasteiger partial charge on any atom is -0.459 e. The molecule has 0 bridgehead atoms. The highest BCUT2D eigenvalue weighted by Crippen LogP contribution is 2.40. The topological polar surface area (TPSA) is 86.0 Å². The first kappa shape index (κ1) is 27.6. The van der Waals surface area contributed by atoms with Gasteiger partial charge in [-0.25, -0.2) is 4.79 Å². The summed E-state index contributed by atoms with van der Waals surface area (Å²) in [6.07, 6.45) is 1.36. The highest BCUT2D eigenvalue weighted by molar-refractivity contribution is 6.18. The molecule has 3 aromatic rings. The number of rotatable bonds is 5. The highest BCUT2D eigenvalue weighted by atomic mass is 16.5. The molecule has 210 valence electrons. The van der Waals surface area contributed by atoms with Gasteiger partial charge >= 0.3 is 5.97 Å². The fourth-order valence-electron chi connectivity index (χ4n) is 5.83. The predicted octanol–water partition coefficient (Wildman–Crippen LogP) is 4.56. The maximum Gasteiger partial charge on any atom is 0.342 e. The van der Waals surface area contributed by atoms with Gasteiger partial charge in [0, 0.05) is 74.3 Å². The molecular weight excluding hydrogens is 504 g/mol. The molecule has 2 aromatic carbocycles. The zero-order valence-electron chi connectivity index (χ0n) is 24.0. The maximum absolute atomic E-state index is 14.0. The van der Waals surface area contributed by atoms with Gasteiger partial charge in [0.05, 0.1) is 17.4 Å². The number of fused-ring (bicyclic) bond motifs is 3. The molecule has 2 aliphatic rings. The lowest BCUT2D eigenvalue weighted by atomic mass is 9.81. The van der Waals surface area contributed by atoms with Crippen molar-refractivity contribution in [1.82, 2.24) is 19.7 Å². The molecule has 0 saturated carbocycles. The van der Waals surface area contributed by atoms with Gasteiger partial charge in [-0.3, -0.25) is 14.5 Å². The van der Waals surface area contributed by atoms with Crippen LogP contribution in [-0.4, -0.2) is 76.3 Å². The molecule has 2 amide bonds. The van der Waals surface area contributed by atoms with Crippen molar-refractivity contribution in [3.63, 3.8) is 0 Å². The molecule has 0 spiro atoms. The fourth-order valence-corrected chi connectivity index (χ4v) is 5.83. The number of aromatic nitrogens is 1. The van der Waals surface area contributed by atoms with Gasteiger partial charge in [0.15, 0.2) is 0 Å². The van der Waals surface area contributed by atoms with Gasteiger partial charge in [0.2, 0.25) is 5.91 Å². The minimum absolute atomic E-state index is 0.108. The van der Waals surface area contributed by atoms with E-state index in [0.717, 1.165) is 35.1 Å². The predicted molar refractivity (Wildman–Crippen MR) is 156 cm³/mol. The normalized spacial score (nSPS) is 17.4. The van der Waals surface area contributed by atoms with E-state index in [2.05, 4.69) is 29.8 Å². The molecule has 3 heterocycles. The number of hydrogen-bond acceptors (Lipinski definition) is 5. The molecule has 1 fully saturated rings. The molecule has 0 unspecified atom stereocenters. The van der Waals surface area contributed by atoms with Crippen molar-refractivity contribution >= 4 is 34.3 Å². The summed E-state index contributed by atoms with van der Waals surface area (Å²) in [5.74, 6) is -0.520. The Morgan fingerprint density at radius 2 is 1.73 bits per heavy atom. The molecule has 0 atom stereocenters. The van der Waals surface area contributed by atoms with E-state index in [9.17, 15) is 14.4 Å². The standard InChI is InChI=1S/C32H38N4O4/c1-21(2)40-31(39)26-19-36(20-32(4,5)28-25-11-6-7-12-27(25)33-29(26)28)30(38)24-10-8-9-23(17-24)18-34-13-15-35(16-14-34)22(3)37/h6-12,17,19,21,33H,13-16,18,20H2,1-5H3. The van der Waals surface area contributed by atoms with Crippen LogP contribution in [0.5, 0.6) is 0 Å². The Hall–Kier alpha value is -3.91. The van der Waals surface area contributed by atoms with Crippen LogP contribution in [-0.2, 0) is 26.3 Å². The van der Waals surface area contributed by atoms with E-state index >= 15 is 0 Å². The summed E-state index contributed by atoms with van der Waals surface area (Å²) >= 11 is 0. The number of aromatic amines is 1. The second-order valence-electron chi connectivity index (χ2n) is 11.7. The van der Waals surface area contributed by atoms with E-state index in [1.807, 2.05) is 61.2 Å². The lowest BCUT2D eigenvalue weighted by Gasteiger charge is -2.34. The second-order valence-corrected chi connectivity index (χ2v) is 11.7. The summed E-state index contributed by atoms with van der Waals surface area (Å²) in [5, 5.41) is 1.03.